The summed E-state index contributed by atoms with van der Waals surface area (Å²) in [6.45, 7) is 1.88. The number of aliphatic hydroxyl groups excluding tert-OH is 1. The van der Waals surface area contributed by atoms with Gasteiger partial charge in [-0.15, -0.1) is 0 Å². The average Bonchev–Trinajstić information content (AvgIpc) is 2.61. The van der Waals surface area contributed by atoms with E-state index in [0.717, 1.165) is 29.8 Å². The normalized spacial score (nSPS) is 13.7. The van der Waals surface area contributed by atoms with E-state index in [1.807, 2.05) is 6.92 Å². The lowest BCUT2D eigenvalue weighted by molar-refractivity contribution is -0.143. The van der Waals surface area contributed by atoms with E-state index in [2.05, 4.69) is 5.32 Å². The number of aryl methyl sites for hydroxylation is 1. The Morgan fingerprint density at radius 2 is 1.59 bits per heavy atom. The van der Waals surface area contributed by atoms with E-state index in [1.54, 1.807) is 24.3 Å². The molecule has 0 saturated carbocycles. The molecular formula is C19H18F3NO4. The Kier molecular flexibility index (Phi) is 6.22. The van der Waals surface area contributed by atoms with Crippen LogP contribution in [0.15, 0.2) is 48.5 Å². The molecule has 0 aliphatic carbocycles. The van der Waals surface area contributed by atoms with Crippen molar-refractivity contribution in [3.63, 3.8) is 0 Å². The van der Waals surface area contributed by atoms with E-state index in [4.69, 9.17) is 0 Å². The second kappa shape index (κ2) is 8.22. The molecule has 5 nitrogen and oxygen atoms in total. The molecule has 1 amide bonds. The number of carbonyl (C=O) groups excluding carboxylic acids is 1. The van der Waals surface area contributed by atoms with Crippen LogP contribution in [0.5, 0.6) is 0 Å². The van der Waals surface area contributed by atoms with Crippen LogP contribution in [-0.4, -0.2) is 28.1 Å². The number of carboxylic acid groups (broad SMARTS) is 1. The van der Waals surface area contributed by atoms with Crippen LogP contribution in [0.1, 0.15) is 28.4 Å². The lowest BCUT2D eigenvalue weighted by Crippen LogP contribution is -2.44. The number of aliphatic hydroxyl groups is 1. The molecule has 27 heavy (non-hydrogen) atoms. The molecule has 2 rings (SSSR count). The van der Waals surface area contributed by atoms with Gasteiger partial charge in [0.15, 0.2) is 6.10 Å². The molecule has 0 heterocycles. The third kappa shape index (κ3) is 5.55. The number of amides is 1. The molecule has 2 atom stereocenters. The number of carboxylic acids is 1. The van der Waals surface area contributed by atoms with Gasteiger partial charge in [-0.25, -0.2) is 4.79 Å². The molecule has 8 heteroatoms. The molecule has 3 N–H and O–H groups in total. The molecule has 0 aromatic heterocycles. The van der Waals surface area contributed by atoms with Crippen LogP contribution < -0.4 is 5.32 Å². The first-order valence-electron chi connectivity index (χ1n) is 8.02. The van der Waals surface area contributed by atoms with Crippen molar-refractivity contribution in [3.8, 4) is 0 Å². The fourth-order valence-electron chi connectivity index (χ4n) is 2.42. The van der Waals surface area contributed by atoms with Crippen molar-refractivity contribution in [2.75, 3.05) is 0 Å². The number of alkyl halides is 3. The van der Waals surface area contributed by atoms with E-state index >= 15 is 0 Å². The van der Waals surface area contributed by atoms with Gasteiger partial charge < -0.3 is 15.5 Å². The molecule has 0 aliphatic heterocycles. The number of benzene rings is 2. The Bertz CT molecular complexity index is 801. The molecule has 0 saturated heterocycles. The number of halogens is 3. The Labute approximate surface area is 153 Å². The quantitative estimate of drug-likeness (QED) is 0.718. The monoisotopic (exact) mass is 381 g/mol. The molecule has 0 fully saturated rings. The molecule has 2 aromatic carbocycles. The van der Waals surface area contributed by atoms with Gasteiger partial charge in [-0.2, -0.15) is 13.2 Å². The summed E-state index contributed by atoms with van der Waals surface area (Å²) in [4.78, 5) is 23.5. The maximum Gasteiger partial charge on any atom is 0.416 e. The van der Waals surface area contributed by atoms with Crippen LogP contribution in [0.3, 0.4) is 0 Å². The van der Waals surface area contributed by atoms with Gasteiger partial charge in [0.25, 0.3) is 5.91 Å². The van der Waals surface area contributed by atoms with Crippen LogP contribution in [0.4, 0.5) is 13.2 Å². The van der Waals surface area contributed by atoms with Crippen molar-refractivity contribution in [3.05, 3.63) is 70.8 Å². The number of aliphatic carboxylic acids is 1. The van der Waals surface area contributed by atoms with E-state index in [1.165, 1.54) is 0 Å². The van der Waals surface area contributed by atoms with Crippen molar-refractivity contribution in [1.29, 1.82) is 0 Å². The highest BCUT2D eigenvalue weighted by Gasteiger charge is 2.31. The molecule has 0 aliphatic rings. The second-order valence-electron chi connectivity index (χ2n) is 6.11. The van der Waals surface area contributed by atoms with Gasteiger partial charge in [0.1, 0.15) is 6.04 Å². The minimum atomic E-state index is -4.53. The van der Waals surface area contributed by atoms with Gasteiger partial charge in [-0.1, -0.05) is 42.0 Å². The fourth-order valence-corrected chi connectivity index (χ4v) is 2.42. The molecule has 0 bridgehead atoms. The van der Waals surface area contributed by atoms with Gasteiger partial charge in [0.05, 0.1) is 5.56 Å². The standard InChI is InChI=1S/C19H18F3NO4/c1-11-2-4-12(5-3-11)10-15(18(26)27)23-17(25)16(24)13-6-8-14(9-7-13)19(20,21)22/h2-9,15-16,24H,10H2,1H3,(H,23,25)(H,26,27)/t15-,16+/m1/s1. The van der Waals surface area contributed by atoms with E-state index in [-0.39, 0.29) is 12.0 Å². The van der Waals surface area contributed by atoms with Crippen LogP contribution in [0, 0.1) is 6.92 Å². The van der Waals surface area contributed by atoms with E-state index in [9.17, 15) is 33.0 Å². The van der Waals surface area contributed by atoms with Crippen molar-refractivity contribution >= 4 is 11.9 Å². The van der Waals surface area contributed by atoms with E-state index in [0.29, 0.717) is 5.56 Å². The summed E-state index contributed by atoms with van der Waals surface area (Å²) in [5.41, 5.74) is 0.686. The first kappa shape index (κ1) is 20.4. The number of nitrogens with one attached hydrogen (secondary N) is 1. The van der Waals surface area contributed by atoms with Crippen LogP contribution in [0.2, 0.25) is 0 Å². The van der Waals surface area contributed by atoms with Crippen LogP contribution in [-0.2, 0) is 22.2 Å². The van der Waals surface area contributed by atoms with Crippen molar-refractivity contribution in [2.24, 2.45) is 0 Å². The topological polar surface area (TPSA) is 86.6 Å². The molecule has 0 radical (unpaired) electrons. The summed E-state index contributed by atoms with van der Waals surface area (Å²) < 4.78 is 37.7. The smallest absolute Gasteiger partial charge is 0.416 e. The van der Waals surface area contributed by atoms with Gasteiger partial charge in [0.2, 0.25) is 0 Å². The first-order valence-corrected chi connectivity index (χ1v) is 8.02. The molecule has 144 valence electrons. The second-order valence-corrected chi connectivity index (χ2v) is 6.11. The minimum absolute atomic E-state index is 0.00108. The maximum absolute atomic E-state index is 12.6. The Balaban J connectivity index is 2.07. The molecule has 0 unspecified atom stereocenters. The van der Waals surface area contributed by atoms with Crippen molar-refractivity contribution in [1.82, 2.24) is 5.32 Å². The van der Waals surface area contributed by atoms with Crippen molar-refractivity contribution < 1.29 is 33.0 Å². The number of carbonyl (C=O) groups is 2. The average molecular weight is 381 g/mol. The zero-order chi connectivity index (χ0) is 20.2. The number of hydrogen-bond donors (Lipinski definition) is 3. The summed E-state index contributed by atoms with van der Waals surface area (Å²) in [6, 6.07) is 9.20. The lowest BCUT2D eigenvalue weighted by atomic mass is 10.0. The third-order valence-electron chi connectivity index (χ3n) is 3.98. The SMILES string of the molecule is Cc1ccc(C[C@@H](NC(=O)[C@@H](O)c2ccc(C(F)(F)F)cc2)C(=O)O)cc1. The molecule has 2 aromatic rings. The highest BCUT2D eigenvalue weighted by Crippen LogP contribution is 2.30. The maximum atomic E-state index is 12.6. The number of hydrogen-bond acceptors (Lipinski definition) is 3. The third-order valence-corrected chi connectivity index (χ3v) is 3.98. The zero-order valence-electron chi connectivity index (χ0n) is 14.3. The number of rotatable bonds is 6. The predicted molar refractivity (Wildman–Crippen MR) is 90.9 cm³/mol. The van der Waals surface area contributed by atoms with Gasteiger partial charge in [-0.3, -0.25) is 4.79 Å². The van der Waals surface area contributed by atoms with Gasteiger partial charge >= 0.3 is 12.1 Å². The summed E-state index contributed by atoms with van der Waals surface area (Å²) in [5.74, 6) is -2.29. The summed E-state index contributed by atoms with van der Waals surface area (Å²) in [5, 5.41) is 21.5. The Morgan fingerprint density at radius 3 is 2.07 bits per heavy atom. The highest BCUT2D eigenvalue weighted by atomic mass is 19.4. The minimum Gasteiger partial charge on any atom is -0.480 e. The highest BCUT2D eigenvalue weighted by molar-refractivity contribution is 5.87. The Morgan fingerprint density at radius 1 is 1.04 bits per heavy atom. The largest absolute Gasteiger partial charge is 0.480 e. The zero-order valence-corrected chi connectivity index (χ0v) is 14.3. The van der Waals surface area contributed by atoms with Crippen LogP contribution in [0.25, 0.3) is 0 Å². The predicted octanol–water partition coefficient (Wildman–Crippen LogP) is 2.86. The first-order chi connectivity index (χ1) is 12.6. The Hall–Kier alpha value is -2.87. The van der Waals surface area contributed by atoms with Gasteiger partial charge in [0, 0.05) is 6.42 Å². The van der Waals surface area contributed by atoms with Gasteiger partial charge in [-0.05, 0) is 30.2 Å². The fraction of sp³-hybridized carbons (Fsp3) is 0.263. The summed E-state index contributed by atoms with van der Waals surface area (Å²) in [6.07, 6.45) is -6.32. The van der Waals surface area contributed by atoms with Crippen molar-refractivity contribution in [2.45, 2.75) is 31.7 Å². The summed E-state index contributed by atoms with van der Waals surface area (Å²) >= 11 is 0. The van der Waals surface area contributed by atoms with E-state index < -0.39 is 35.8 Å². The lowest BCUT2D eigenvalue weighted by Gasteiger charge is -2.18. The molecule has 0 spiro atoms. The van der Waals surface area contributed by atoms with Crippen LogP contribution >= 0.6 is 0 Å². The summed E-state index contributed by atoms with van der Waals surface area (Å²) in [7, 11) is 0. The molecular weight excluding hydrogens is 363 g/mol.